The van der Waals surface area contributed by atoms with Gasteiger partial charge in [-0.15, -0.1) is 0 Å². The number of fused-ring (bicyclic) bond motifs is 3. The molecular formula is C20H25N3O2. The molecule has 0 saturated carbocycles. The zero-order chi connectivity index (χ0) is 18.1. The second-order valence-electron chi connectivity index (χ2n) is 7.12. The number of nitrogens with two attached hydrogens (primary N) is 1. The van der Waals surface area contributed by atoms with E-state index < -0.39 is 0 Å². The standard InChI is InChI=1S/C20H25N3O2/c1-12(2)7-14(21)11-25-15-5-6-16-17-8-13(3)22-10-18(17)20(24)23(4)19(16)9-15/h5-6,8-10,12,14H,7,11,21H2,1-4H3. The molecule has 0 aliphatic carbocycles. The molecule has 3 rings (SSSR count). The van der Waals surface area contributed by atoms with Gasteiger partial charge in [-0.05, 0) is 42.8 Å². The summed E-state index contributed by atoms with van der Waals surface area (Å²) in [4.78, 5) is 16.9. The predicted octanol–water partition coefficient (Wildman–Crippen LogP) is 3.15. The molecule has 1 unspecified atom stereocenters. The Bertz CT molecular complexity index is 976. The summed E-state index contributed by atoms with van der Waals surface area (Å²) in [6, 6.07) is 7.81. The van der Waals surface area contributed by atoms with Crippen LogP contribution >= 0.6 is 0 Å². The fourth-order valence-electron chi connectivity index (χ4n) is 3.23. The van der Waals surface area contributed by atoms with Gasteiger partial charge in [-0.3, -0.25) is 9.78 Å². The van der Waals surface area contributed by atoms with Gasteiger partial charge < -0.3 is 15.0 Å². The Labute approximate surface area is 147 Å². The first-order valence-corrected chi connectivity index (χ1v) is 8.64. The third-order valence-corrected chi connectivity index (χ3v) is 4.43. The van der Waals surface area contributed by atoms with Crippen LogP contribution in [0.15, 0.2) is 35.3 Å². The van der Waals surface area contributed by atoms with Gasteiger partial charge in [0.25, 0.3) is 5.56 Å². The number of aromatic nitrogens is 2. The van der Waals surface area contributed by atoms with Crippen LogP contribution in [-0.2, 0) is 7.05 Å². The molecule has 2 heterocycles. The third kappa shape index (κ3) is 3.51. The van der Waals surface area contributed by atoms with Crippen molar-refractivity contribution < 1.29 is 4.74 Å². The van der Waals surface area contributed by atoms with Gasteiger partial charge in [0.1, 0.15) is 12.4 Å². The van der Waals surface area contributed by atoms with E-state index in [1.807, 2.05) is 31.2 Å². The van der Waals surface area contributed by atoms with Crippen LogP contribution in [0.3, 0.4) is 0 Å². The van der Waals surface area contributed by atoms with Gasteiger partial charge in [0, 0.05) is 36.4 Å². The lowest BCUT2D eigenvalue weighted by Crippen LogP contribution is -2.29. The molecule has 1 aromatic carbocycles. The zero-order valence-electron chi connectivity index (χ0n) is 15.2. The molecule has 3 aromatic rings. The summed E-state index contributed by atoms with van der Waals surface area (Å²) in [6.07, 6.45) is 2.57. The van der Waals surface area contributed by atoms with Gasteiger partial charge in [0.2, 0.25) is 0 Å². The smallest absolute Gasteiger partial charge is 0.260 e. The number of hydrogen-bond donors (Lipinski definition) is 1. The largest absolute Gasteiger partial charge is 0.492 e. The van der Waals surface area contributed by atoms with E-state index in [0.29, 0.717) is 17.9 Å². The van der Waals surface area contributed by atoms with Crippen LogP contribution in [0.5, 0.6) is 5.75 Å². The minimum absolute atomic E-state index is 0.00449. The Kier molecular flexibility index (Phi) is 4.77. The van der Waals surface area contributed by atoms with Crippen LogP contribution < -0.4 is 16.0 Å². The molecular weight excluding hydrogens is 314 g/mol. The van der Waals surface area contributed by atoms with E-state index in [1.165, 1.54) is 0 Å². The SMILES string of the molecule is Cc1cc2c(cn1)c(=O)n(C)c1cc(OCC(N)CC(C)C)ccc21. The normalized spacial score (nSPS) is 12.9. The van der Waals surface area contributed by atoms with Crippen LogP contribution in [0, 0.1) is 12.8 Å². The van der Waals surface area contributed by atoms with Crippen molar-refractivity contribution >= 4 is 21.7 Å². The lowest BCUT2D eigenvalue weighted by Gasteiger charge is -2.16. The van der Waals surface area contributed by atoms with E-state index in [9.17, 15) is 4.79 Å². The van der Waals surface area contributed by atoms with E-state index in [-0.39, 0.29) is 11.6 Å². The summed E-state index contributed by atoms with van der Waals surface area (Å²) in [6.45, 7) is 6.69. The molecule has 0 amide bonds. The Morgan fingerprint density at radius 3 is 2.68 bits per heavy atom. The molecule has 0 aliphatic heterocycles. The Hall–Kier alpha value is -2.40. The summed E-state index contributed by atoms with van der Waals surface area (Å²) < 4.78 is 7.50. The summed E-state index contributed by atoms with van der Waals surface area (Å²) in [7, 11) is 1.78. The van der Waals surface area contributed by atoms with E-state index in [2.05, 4.69) is 18.8 Å². The zero-order valence-corrected chi connectivity index (χ0v) is 15.2. The molecule has 132 valence electrons. The van der Waals surface area contributed by atoms with Crippen LogP contribution in [-0.4, -0.2) is 22.2 Å². The van der Waals surface area contributed by atoms with E-state index in [0.717, 1.165) is 34.2 Å². The van der Waals surface area contributed by atoms with Crippen LogP contribution in [0.2, 0.25) is 0 Å². The van der Waals surface area contributed by atoms with Crippen LogP contribution in [0.4, 0.5) is 0 Å². The monoisotopic (exact) mass is 339 g/mol. The Morgan fingerprint density at radius 2 is 1.96 bits per heavy atom. The first-order chi connectivity index (χ1) is 11.9. The molecule has 0 fully saturated rings. The van der Waals surface area contributed by atoms with E-state index in [1.54, 1.807) is 17.8 Å². The summed E-state index contributed by atoms with van der Waals surface area (Å²) in [5, 5.41) is 2.57. The highest BCUT2D eigenvalue weighted by molar-refractivity contribution is 6.05. The van der Waals surface area contributed by atoms with Gasteiger partial charge in [-0.25, -0.2) is 0 Å². The van der Waals surface area contributed by atoms with Crippen molar-refractivity contribution in [1.82, 2.24) is 9.55 Å². The highest BCUT2D eigenvalue weighted by Gasteiger charge is 2.11. The summed E-state index contributed by atoms with van der Waals surface area (Å²) in [5.74, 6) is 1.27. The Morgan fingerprint density at radius 1 is 1.20 bits per heavy atom. The minimum Gasteiger partial charge on any atom is -0.492 e. The van der Waals surface area contributed by atoms with Gasteiger partial charge in [0.15, 0.2) is 0 Å². The van der Waals surface area contributed by atoms with Crippen molar-refractivity contribution in [3.8, 4) is 5.75 Å². The highest BCUT2D eigenvalue weighted by Crippen LogP contribution is 2.26. The third-order valence-electron chi connectivity index (χ3n) is 4.43. The number of rotatable bonds is 5. The molecule has 5 heteroatoms. The number of nitrogens with zero attached hydrogens (tertiary/aromatic N) is 2. The van der Waals surface area contributed by atoms with Crippen LogP contribution in [0.1, 0.15) is 26.0 Å². The number of benzene rings is 1. The number of hydrogen-bond acceptors (Lipinski definition) is 4. The molecule has 1 atom stereocenters. The quantitative estimate of drug-likeness (QED) is 0.725. The lowest BCUT2D eigenvalue weighted by atomic mass is 10.1. The number of ether oxygens (including phenoxy) is 1. The fraction of sp³-hybridized carbons (Fsp3) is 0.400. The molecule has 0 aliphatic rings. The molecule has 5 nitrogen and oxygen atoms in total. The maximum atomic E-state index is 12.6. The average molecular weight is 339 g/mol. The van der Waals surface area contributed by atoms with Crippen molar-refractivity contribution in [2.24, 2.45) is 18.7 Å². The second-order valence-corrected chi connectivity index (χ2v) is 7.12. The minimum atomic E-state index is -0.0522. The van der Waals surface area contributed by atoms with Crippen LogP contribution in [0.25, 0.3) is 21.7 Å². The van der Waals surface area contributed by atoms with Crippen molar-refractivity contribution in [2.45, 2.75) is 33.2 Å². The molecule has 0 radical (unpaired) electrons. The van der Waals surface area contributed by atoms with Gasteiger partial charge in [0.05, 0.1) is 10.9 Å². The molecule has 0 saturated heterocycles. The van der Waals surface area contributed by atoms with Gasteiger partial charge in [-0.1, -0.05) is 13.8 Å². The summed E-state index contributed by atoms with van der Waals surface area (Å²) in [5.41, 5.74) is 7.78. The first-order valence-electron chi connectivity index (χ1n) is 8.64. The molecule has 0 bridgehead atoms. The number of aryl methyl sites for hydroxylation is 2. The first kappa shape index (κ1) is 17.4. The molecule has 2 N–H and O–H groups in total. The Balaban J connectivity index is 2.02. The van der Waals surface area contributed by atoms with Gasteiger partial charge >= 0.3 is 0 Å². The lowest BCUT2D eigenvalue weighted by molar-refractivity contribution is 0.271. The molecule has 2 aromatic heterocycles. The van der Waals surface area contributed by atoms with Crippen molar-refractivity contribution in [3.63, 3.8) is 0 Å². The topological polar surface area (TPSA) is 70.1 Å². The highest BCUT2D eigenvalue weighted by atomic mass is 16.5. The average Bonchev–Trinajstić information content (AvgIpc) is 2.57. The molecule has 0 spiro atoms. The predicted molar refractivity (Wildman–Crippen MR) is 102 cm³/mol. The molecule has 25 heavy (non-hydrogen) atoms. The maximum Gasteiger partial charge on any atom is 0.260 e. The van der Waals surface area contributed by atoms with E-state index in [4.69, 9.17) is 10.5 Å². The van der Waals surface area contributed by atoms with Gasteiger partial charge in [-0.2, -0.15) is 0 Å². The summed E-state index contributed by atoms with van der Waals surface area (Å²) >= 11 is 0. The second kappa shape index (κ2) is 6.84. The van der Waals surface area contributed by atoms with E-state index >= 15 is 0 Å². The van der Waals surface area contributed by atoms with Crippen molar-refractivity contribution in [2.75, 3.05) is 6.61 Å². The maximum absolute atomic E-state index is 12.6. The van der Waals surface area contributed by atoms with Crippen molar-refractivity contribution in [1.29, 1.82) is 0 Å². The van der Waals surface area contributed by atoms with Crippen molar-refractivity contribution in [3.05, 3.63) is 46.5 Å². The fourth-order valence-corrected chi connectivity index (χ4v) is 3.23. The number of pyridine rings is 2.